The van der Waals surface area contributed by atoms with E-state index in [1.165, 1.54) is 20.7 Å². The Morgan fingerprint density at radius 3 is 1.65 bits per heavy atom. The molecule has 0 spiro atoms. The summed E-state index contributed by atoms with van der Waals surface area (Å²) in [5.74, 6) is 3.59. The molecule has 2 aromatic heterocycles. The number of nitrogens with zero attached hydrogens (tertiary/aromatic N) is 4. The Hall–Kier alpha value is -7.41. The van der Waals surface area contributed by atoms with Crippen LogP contribution in [0, 0.1) is 0 Å². The Kier molecular flexibility index (Phi) is 7.76. The molecule has 0 amide bonds. The van der Waals surface area contributed by atoms with E-state index in [2.05, 4.69) is 187 Å². The lowest BCUT2D eigenvalue weighted by Crippen LogP contribution is -2.76. The third kappa shape index (κ3) is 5.26. The topological polar surface area (TPSA) is 52.8 Å². The maximum absolute atomic E-state index is 6.66. The third-order valence-corrected chi connectivity index (χ3v) is 16.0. The van der Waals surface area contributed by atoms with Crippen LogP contribution >= 0.6 is 0 Å². The predicted molar refractivity (Wildman–Crippen MR) is 234 cm³/mol. The zero-order chi connectivity index (χ0) is 37.8. The van der Waals surface area contributed by atoms with Crippen molar-refractivity contribution in [2.75, 3.05) is 0 Å². The Morgan fingerprint density at radius 2 is 0.930 bits per heavy atom. The smallest absolute Gasteiger partial charge is 0.238 e. The predicted octanol–water partition coefficient (Wildman–Crippen LogP) is 9.45. The number of aromatic nitrogens is 4. The average Bonchev–Trinajstić information content (AvgIpc) is 3.62. The van der Waals surface area contributed by atoms with E-state index >= 15 is 0 Å². The molecule has 268 valence electrons. The van der Waals surface area contributed by atoms with Gasteiger partial charge in [0.25, 0.3) is 0 Å². The van der Waals surface area contributed by atoms with Gasteiger partial charge in [0.15, 0.2) is 19.7 Å². The second-order valence-corrected chi connectivity index (χ2v) is 18.1. The van der Waals surface area contributed by atoms with Crippen LogP contribution in [-0.4, -0.2) is 27.6 Å². The first-order valence-electron chi connectivity index (χ1n) is 19.2. The van der Waals surface area contributed by atoms with Crippen molar-refractivity contribution in [1.29, 1.82) is 0 Å². The van der Waals surface area contributed by atoms with Crippen molar-refractivity contribution >= 4 is 50.6 Å². The summed E-state index contributed by atoms with van der Waals surface area (Å²) in [6.45, 7) is 0. The van der Waals surface area contributed by atoms with Gasteiger partial charge in [0.2, 0.25) is 5.95 Å². The van der Waals surface area contributed by atoms with E-state index in [0.29, 0.717) is 17.6 Å². The van der Waals surface area contributed by atoms with Crippen molar-refractivity contribution in [1.82, 2.24) is 19.5 Å². The van der Waals surface area contributed by atoms with Gasteiger partial charge in [-0.05, 0) is 56.1 Å². The van der Waals surface area contributed by atoms with Crippen LogP contribution < -0.4 is 25.5 Å². The lowest BCUT2D eigenvalue weighted by Gasteiger charge is -2.39. The second-order valence-electron chi connectivity index (χ2n) is 14.4. The number of ether oxygens (including phenoxy) is 1. The van der Waals surface area contributed by atoms with E-state index in [-0.39, 0.29) is 0 Å². The van der Waals surface area contributed by atoms with E-state index in [1.807, 2.05) is 24.3 Å². The molecule has 0 fully saturated rings. The molecular weight excluding hydrogens is 713 g/mol. The summed E-state index contributed by atoms with van der Waals surface area (Å²) in [6, 6.07) is 72.8. The van der Waals surface area contributed by atoms with Crippen LogP contribution in [0.4, 0.5) is 0 Å². The molecule has 10 aromatic rings. The van der Waals surface area contributed by atoms with Gasteiger partial charge in [-0.3, -0.25) is 4.57 Å². The lowest BCUT2D eigenvalue weighted by atomic mass is 9.99. The van der Waals surface area contributed by atoms with Crippen LogP contribution in [0.15, 0.2) is 206 Å². The molecule has 0 aliphatic carbocycles. The molecule has 0 radical (unpaired) electrons. The molecule has 6 heteroatoms. The van der Waals surface area contributed by atoms with E-state index in [9.17, 15) is 0 Å². The Labute approximate surface area is 331 Å². The van der Waals surface area contributed by atoms with Gasteiger partial charge in [-0.2, -0.15) is 9.97 Å². The number of rotatable bonds is 6. The van der Waals surface area contributed by atoms with E-state index in [1.54, 1.807) is 0 Å². The lowest BCUT2D eigenvalue weighted by molar-refractivity contribution is 0.487. The zero-order valence-electron chi connectivity index (χ0n) is 30.8. The van der Waals surface area contributed by atoms with Crippen LogP contribution in [-0.2, 0) is 0 Å². The molecule has 3 heterocycles. The number of hydrogen-bond donors (Lipinski definition) is 0. The van der Waals surface area contributed by atoms with Crippen molar-refractivity contribution < 1.29 is 4.74 Å². The van der Waals surface area contributed by atoms with Crippen LogP contribution in [0.2, 0.25) is 0 Å². The monoisotopic (exact) mass is 746 g/mol. The summed E-state index contributed by atoms with van der Waals surface area (Å²) in [4.78, 5) is 15.9. The van der Waals surface area contributed by atoms with Crippen LogP contribution in [0.5, 0.6) is 11.5 Å². The summed E-state index contributed by atoms with van der Waals surface area (Å²) >= 11 is 0. The summed E-state index contributed by atoms with van der Waals surface area (Å²) in [7, 11) is -2.93. The summed E-state index contributed by atoms with van der Waals surface area (Å²) in [6.07, 6.45) is 0. The van der Waals surface area contributed by atoms with Crippen molar-refractivity contribution in [3.05, 3.63) is 206 Å². The molecule has 0 saturated carbocycles. The molecule has 1 aliphatic rings. The molecule has 0 atom stereocenters. The minimum absolute atomic E-state index is 0.563. The highest BCUT2D eigenvalue weighted by Gasteiger charge is 2.48. The fraction of sp³-hybridized carbons (Fsp3) is 0. The molecule has 8 aromatic carbocycles. The standard InChI is InChI=1S/C51H34N4OSi/c1-4-18-35(19-5-1)39-24-10-11-26-42(39)50-52-49(36-20-6-2-7-21-36)53-51(54-50)55-43-27-13-12-25-40(43)41-33-32-38(34-44(41)55)57(37-22-8-3-9-23-37)47-30-16-14-28-45(47)56-46-29-15-17-31-48(46)57/h1-34H. The van der Waals surface area contributed by atoms with Gasteiger partial charge in [-0.1, -0.05) is 182 Å². The van der Waals surface area contributed by atoms with Crippen LogP contribution in [0.3, 0.4) is 0 Å². The van der Waals surface area contributed by atoms with Crippen LogP contribution in [0.25, 0.3) is 61.7 Å². The molecule has 0 saturated heterocycles. The SMILES string of the molecule is c1ccc(-c2nc(-c3ccccc3-c3ccccc3)nc(-n3c4ccccc4c4ccc([Si]5(c6ccccc6)c6ccccc6Oc6ccccc65)cc43)n2)cc1. The maximum Gasteiger partial charge on any atom is 0.238 e. The van der Waals surface area contributed by atoms with Crippen molar-refractivity contribution in [3.8, 4) is 51.3 Å². The van der Waals surface area contributed by atoms with Gasteiger partial charge >= 0.3 is 0 Å². The summed E-state index contributed by atoms with van der Waals surface area (Å²) < 4.78 is 8.90. The Morgan fingerprint density at radius 1 is 0.386 bits per heavy atom. The van der Waals surface area contributed by atoms with Gasteiger partial charge in [0.05, 0.1) is 11.0 Å². The largest absolute Gasteiger partial charge is 0.458 e. The van der Waals surface area contributed by atoms with Crippen LogP contribution in [0.1, 0.15) is 0 Å². The normalized spacial score (nSPS) is 12.8. The van der Waals surface area contributed by atoms with Gasteiger partial charge in [-0.25, -0.2) is 4.98 Å². The first-order chi connectivity index (χ1) is 28.3. The van der Waals surface area contributed by atoms with E-state index in [0.717, 1.165) is 55.6 Å². The first-order valence-corrected chi connectivity index (χ1v) is 21.2. The van der Waals surface area contributed by atoms with Gasteiger partial charge in [0, 0.05) is 21.9 Å². The number of benzene rings is 8. The fourth-order valence-corrected chi connectivity index (χ4v) is 13.7. The molecule has 5 nitrogen and oxygen atoms in total. The number of fused-ring (bicyclic) bond motifs is 5. The summed E-state index contributed by atoms with van der Waals surface area (Å²) in [5, 5.41) is 7.26. The molecule has 11 rings (SSSR count). The Balaban J connectivity index is 1.23. The highest BCUT2D eigenvalue weighted by atomic mass is 28.3. The molecule has 0 N–H and O–H groups in total. The minimum Gasteiger partial charge on any atom is -0.458 e. The second kappa shape index (κ2) is 13.4. The van der Waals surface area contributed by atoms with Gasteiger partial charge < -0.3 is 4.74 Å². The molecule has 1 aliphatic heterocycles. The van der Waals surface area contributed by atoms with Crippen molar-refractivity contribution in [3.63, 3.8) is 0 Å². The third-order valence-electron chi connectivity index (χ3n) is 11.2. The van der Waals surface area contributed by atoms with E-state index in [4.69, 9.17) is 19.7 Å². The average molecular weight is 747 g/mol. The van der Waals surface area contributed by atoms with Crippen molar-refractivity contribution in [2.45, 2.75) is 0 Å². The highest BCUT2D eigenvalue weighted by molar-refractivity contribution is 7.20. The summed E-state index contributed by atoms with van der Waals surface area (Å²) in [5.41, 5.74) is 6.09. The zero-order valence-corrected chi connectivity index (χ0v) is 31.8. The molecule has 57 heavy (non-hydrogen) atoms. The fourth-order valence-electron chi connectivity index (χ4n) is 8.74. The molecule has 0 bridgehead atoms. The van der Waals surface area contributed by atoms with Gasteiger partial charge in [-0.15, -0.1) is 0 Å². The number of hydrogen-bond acceptors (Lipinski definition) is 4. The molecule has 0 unspecified atom stereocenters. The molecular formula is C51H34N4OSi. The Bertz CT molecular complexity index is 3060. The quantitative estimate of drug-likeness (QED) is 0.159. The first kappa shape index (κ1) is 33.0. The van der Waals surface area contributed by atoms with Gasteiger partial charge in [0.1, 0.15) is 11.5 Å². The van der Waals surface area contributed by atoms with Crippen molar-refractivity contribution in [2.24, 2.45) is 0 Å². The maximum atomic E-state index is 6.66. The van der Waals surface area contributed by atoms with E-state index < -0.39 is 8.07 Å². The number of para-hydroxylation sites is 3. The highest BCUT2D eigenvalue weighted by Crippen LogP contribution is 2.36. The minimum atomic E-state index is -2.93.